The zero-order valence-corrected chi connectivity index (χ0v) is 16.4. The van der Waals surface area contributed by atoms with Gasteiger partial charge in [-0.15, -0.1) is 0 Å². The number of fused-ring (bicyclic) bond motifs is 1. The lowest BCUT2D eigenvalue weighted by Gasteiger charge is -2.13. The summed E-state index contributed by atoms with van der Waals surface area (Å²) in [6.45, 7) is 2.01. The van der Waals surface area contributed by atoms with Gasteiger partial charge in [0.1, 0.15) is 18.5 Å². The van der Waals surface area contributed by atoms with E-state index in [0.717, 1.165) is 18.4 Å². The number of hydrogen-bond donors (Lipinski definition) is 1. The highest BCUT2D eigenvalue weighted by Crippen LogP contribution is 2.23. The minimum absolute atomic E-state index is 0.0704. The number of para-hydroxylation sites is 1. The summed E-state index contributed by atoms with van der Waals surface area (Å²) in [5, 5.41) is 3.37. The minimum atomic E-state index is -0.248. The van der Waals surface area contributed by atoms with Crippen LogP contribution in [0.3, 0.4) is 0 Å². The van der Waals surface area contributed by atoms with Crippen molar-refractivity contribution in [3.8, 4) is 5.88 Å². The van der Waals surface area contributed by atoms with Crippen molar-refractivity contribution in [1.82, 2.24) is 19.9 Å². The number of nitrogens with one attached hydrogen (secondary N) is 1. The molecule has 0 radical (unpaired) electrons. The molecule has 29 heavy (non-hydrogen) atoms. The number of aromatic nitrogens is 3. The van der Waals surface area contributed by atoms with E-state index in [1.165, 1.54) is 17.4 Å². The average molecular weight is 392 g/mol. The Morgan fingerprint density at radius 1 is 1.24 bits per heavy atom. The molecule has 3 aromatic rings. The molecule has 1 fully saturated rings. The lowest BCUT2D eigenvalue weighted by Crippen LogP contribution is -2.33. The van der Waals surface area contributed by atoms with Crippen molar-refractivity contribution >= 4 is 16.8 Å². The van der Waals surface area contributed by atoms with Crippen molar-refractivity contribution in [3.63, 3.8) is 0 Å². The summed E-state index contributed by atoms with van der Waals surface area (Å²) in [6, 6.07) is 10.8. The van der Waals surface area contributed by atoms with Gasteiger partial charge >= 0.3 is 0 Å². The first-order valence-corrected chi connectivity index (χ1v) is 9.94. The monoisotopic (exact) mass is 392 g/mol. The lowest BCUT2D eigenvalue weighted by molar-refractivity contribution is -0.121. The molecule has 4 rings (SSSR count). The summed E-state index contributed by atoms with van der Waals surface area (Å²) >= 11 is 0. The molecule has 0 bridgehead atoms. The highest BCUT2D eigenvalue weighted by molar-refractivity contribution is 5.79. The number of nitrogens with zero attached hydrogens (tertiary/aromatic N) is 3. The quantitative estimate of drug-likeness (QED) is 0.697. The maximum atomic E-state index is 12.7. The van der Waals surface area contributed by atoms with Crippen molar-refractivity contribution in [2.45, 2.75) is 51.8 Å². The van der Waals surface area contributed by atoms with Gasteiger partial charge in [-0.3, -0.25) is 14.2 Å². The number of ether oxygens (including phenoxy) is 1. The fraction of sp³-hybridized carbons (Fsp3) is 0.364. The molecular weight excluding hydrogens is 368 g/mol. The number of amides is 1. The van der Waals surface area contributed by atoms with E-state index in [1.54, 1.807) is 31.3 Å². The molecule has 7 heteroatoms. The van der Waals surface area contributed by atoms with Gasteiger partial charge in [0, 0.05) is 18.8 Å². The van der Waals surface area contributed by atoms with Gasteiger partial charge in [0.2, 0.25) is 11.8 Å². The normalized spacial score (nSPS) is 14.2. The van der Waals surface area contributed by atoms with Crippen LogP contribution in [0.15, 0.2) is 47.4 Å². The van der Waals surface area contributed by atoms with E-state index in [1.807, 2.05) is 18.2 Å². The first-order valence-electron chi connectivity index (χ1n) is 9.94. The van der Waals surface area contributed by atoms with Crippen molar-refractivity contribution in [1.29, 1.82) is 0 Å². The predicted octanol–water partition coefficient (Wildman–Crippen LogP) is 2.74. The summed E-state index contributed by atoms with van der Waals surface area (Å²) < 4.78 is 7.31. The van der Waals surface area contributed by atoms with E-state index in [2.05, 4.69) is 15.3 Å². The summed E-state index contributed by atoms with van der Waals surface area (Å²) in [5.74, 6) is 0.858. The molecule has 0 aliphatic heterocycles. The Hall–Kier alpha value is -3.22. The van der Waals surface area contributed by atoms with Gasteiger partial charge in [0.25, 0.3) is 5.56 Å². The number of carbonyl (C=O) groups excluding carboxylic acids is 1. The van der Waals surface area contributed by atoms with Crippen LogP contribution in [0.25, 0.3) is 10.9 Å². The van der Waals surface area contributed by atoms with E-state index in [9.17, 15) is 9.59 Å². The molecule has 2 aromatic heterocycles. The second-order valence-corrected chi connectivity index (χ2v) is 7.37. The molecule has 1 aliphatic rings. The number of hydrogen-bond acceptors (Lipinski definition) is 5. The number of carbonyl (C=O) groups is 1. The van der Waals surface area contributed by atoms with Crippen molar-refractivity contribution < 1.29 is 9.53 Å². The Morgan fingerprint density at radius 2 is 2.03 bits per heavy atom. The molecular formula is C22H24N4O3. The van der Waals surface area contributed by atoms with Crippen LogP contribution in [0.1, 0.15) is 37.1 Å². The first-order chi connectivity index (χ1) is 14.1. The summed E-state index contributed by atoms with van der Waals surface area (Å²) in [4.78, 5) is 33.8. The van der Waals surface area contributed by atoms with Crippen LogP contribution in [0, 0.1) is 6.92 Å². The maximum Gasteiger partial charge on any atom is 0.261 e. The molecule has 0 spiro atoms. The minimum Gasteiger partial charge on any atom is -0.474 e. The molecule has 0 unspecified atom stereocenters. The van der Waals surface area contributed by atoms with E-state index in [-0.39, 0.29) is 24.1 Å². The van der Waals surface area contributed by atoms with Crippen LogP contribution in [-0.2, 0) is 17.9 Å². The van der Waals surface area contributed by atoms with Crippen LogP contribution in [0.2, 0.25) is 0 Å². The van der Waals surface area contributed by atoms with Gasteiger partial charge in [-0.2, -0.15) is 0 Å². The van der Waals surface area contributed by atoms with Gasteiger partial charge < -0.3 is 10.1 Å². The zero-order valence-electron chi connectivity index (χ0n) is 16.4. The van der Waals surface area contributed by atoms with Crippen molar-refractivity contribution in [2.75, 3.05) is 0 Å². The maximum absolute atomic E-state index is 12.7. The Balaban J connectivity index is 1.40. The largest absolute Gasteiger partial charge is 0.474 e. The molecule has 2 heterocycles. The fourth-order valence-corrected chi connectivity index (χ4v) is 3.67. The van der Waals surface area contributed by atoms with Crippen LogP contribution < -0.4 is 15.6 Å². The number of pyridine rings is 1. The van der Waals surface area contributed by atoms with Gasteiger partial charge in [-0.1, -0.05) is 12.1 Å². The Kier molecular flexibility index (Phi) is 5.55. The summed E-state index contributed by atoms with van der Waals surface area (Å²) in [7, 11) is 0. The fourth-order valence-electron chi connectivity index (χ4n) is 3.67. The summed E-state index contributed by atoms with van der Waals surface area (Å²) in [6.07, 6.45) is 6.45. The molecule has 1 aromatic carbocycles. The van der Waals surface area contributed by atoms with Crippen LogP contribution in [-0.4, -0.2) is 26.5 Å². The van der Waals surface area contributed by atoms with E-state index in [0.29, 0.717) is 29.2 Å². The van der Waals surface area contributed by atoms with Crippen molar-refractivity contribution in [3.05, 3.63) is 64.3 Å². The van der Waals surface area contributed by atoms with Crippen LogP contribution in [0.4, 0.5) is 0 Å². The smallest absolute Gasteiger partial charge is 0.261 e. The Morgan fingerprint density at radius 3 is 2.86 bits per heavy atom. The molecule has 0 saturated heterocycles. The molecule has 150 valence electrons. The summed E-state index contributed by atoms with van der Waals surface area (Å²) in [5.41, 5.74) is 1.33. The number of rotatable bonds is 6. The third-order valence-electron chi connectivity index (χ3n) is 5.23. The van der Waals surface area contributed by atoms with Gasteiger partial charge in [0.15, 0.2) is 0 Å². The molecule has 7 nitrogen and oxygen atoms in total. The first kappa shape index (κ1) is 19.1. The molecule has 1 N–H and O–H groups in total. The Labute approximate surface area is 168 Å². The highest BCUT2D eigenvalue weighted by atomic mass is 16.5. The standard InChI is InChI=1S/C22H24N4O3/c1-15-25-19-9-5-4-8-18(19)22(28)26(15)14-20(27)24-13-16-10-11-23-21(12-16)29-17-6-2-3-7-17/h4-5,8-12,17H,2-3,6-7,13-14H2,1H3,(H,24,27). The SMILES string of the molecule is Cc1nc2ccccc2c(=O)n1CC(=O)NCc1ccnc(OC2CCCC2)c1. The number of aryl methyl sites for hydroxylation is 1. The van der Waals surface area contributed by atoms with Crippen molar-refractivity contribution in [2.24, 2.45) is 0 Å². The number of benzene rings is 1. The molecule has 1 amide bonds. The van der Waals surface area contributed by atoms with E-state index in [4.69, 9.17) is 4.74 Å². The highest BCUT2D eigenvalue weighted by Gasteiger charge is 2.17. The van der Waals surface area contributed by atoms with Gasteiger partial charge in [-0.05, 0) is 56.4 Å². The van der Waals surface area contributed by atoms with Gasteiger partial charge in [0.05, 0.1) is 10.9 Å². The molecule has 0 atom stereocenters. The topological polar surface area (TPSA) is 86.1 Å². The van der Waals surface area contributed by atoms with E-state index < -0.39 is 0 Å². The second kappa shape index (κ2) is 8.43. The Bertz CT molecular complexity index is 1090. The van der Waals surface area contributed by atoms with Crippen LogP contribution >= 0.6 is 0 Å². The zero-order chi connectivity index (χ0) is 20.2. The third-order valence-corrected chi connectivity index (χ3v) is 5.23. The van der Waals surface area contributed by atoms with Crippen LogP contribution in [0.5, 0.6) is 5.88 Å². The molecule has 1 saturated carbocycles. The average Bonchev–Trinajstić information content (AvgIpc) is 3.23. The predicted molar refractivity (Wildman–Crippen MR) is 110 cm³/mol. The second-order valence-electron chi connectivity index (χ2n) is 7.37. The van der Waals surface area contributed by atoms with Gasteiger partial charge in [-0.25, -0.2) is 9.97 Å². The lowest BCUT2D eigenvalue weighted by atomic mass is 10.2. The third kappa shape index (κ3) is 4.45. The van der Waals surface area contributed by atoms with E-state index >= 15 is 0 Å². The molecule has 1 aliphatic carbocycles.